The highest BCUT2D eigenvalue weighted by Gasteiger charge is 2.34. The molecule has 8 aromatic carbocycles. The van der Waals surface area contributed by atoms with Gasteiger partial charge in [-0.25, -0.2) is 0 Å². The Balaban J connectivity index is 0.955. The topological polar surface area (TPSA) is 8.17 Å². The minimum atomic E-state index is 0.412. The second-order valence-electron chi connectivity index (χ2n) is 14.9. The van der Waals surface area contributed by atoms with Crippen LogP contribution in [0.25, 0.3) is 72.0 Å². The average Bonchev–Trinajstić information content (AvgIpc) is 3.80. The minimum absolute atomic E-state index is 0.412. The molecule has 1 unspecified atom stereocenters. The standard InChI is InChI=1S/C54H38N2/c1-2-13-37(14-3-1)42-34-43(39-27-31-46(32-28-39)56-53-23-10-6-19-49(53)50-20-7-11-24-54(50)56)36-44(35-42)41-16-12-15-40(33-41)38-25-29-45(30-26-38)55-51-21-8-4-17-47(51)48-18-5-9-22-52(48)55/h1-19,21-36,50H,20H2. The van der Waals surface area contributed by atoms with E-state index in [2.05, 4.69) is 222 Å². The molecule has 0 bridgehead atoms. The van der Waals surface area contributed by atoms with Gasteiger partial charge in [0.15, 0.2) is 0 Å². The van der Waals surface area contributed by atoms with Gasteiger partial charge in [0.1, 0.15) is 0 Å². The first-order valence-corrected chi connectivity index (χ1v) is 19.5. The third-order valence-electron chi connectivity index (χ3n) is 11.7. The summed E-state index contributed by atoms with van der Waals surface area (Å²) in [4.78, 5) is 2.44. The first-order valence-electron chi connectivity index (χ1n) is 19.5. The molecule has 2 heteroatoms. The number of benzene rings is 8. The largest absolute Gasteiger partial charge is 0.313 e. The van der Waals surface area contributed by atoms with Crippen molar-refractivity contribution in [3.8, 4) is 50.2 Å². The molecule has 2 aliphatic rings. The van der Waals surface area contributed by atoms with Crippen LogP contribution in [0.15, 0.2) is 218 Å². The van der Waals surface area contributed by atoms with Crippen LogP contribution in [0, 0.1) is 0 Å². The Labute approximate surface area is 327 Å². The first kappa shape index (κ1) is 32.3. The molecule has 0 fully saturated rings. The molecule has 0 spiro atoms. The van der Waals surface area contributed by atoms with Gasteiger partial charge in [0.05, 0.1) is 11.0 Å². The maximum absolute atomic E-state index is 2.44. The summed E-state index contributed by atoms with van der Waals surface area (Å²) in [5, 5.41) is 2.55. The van der Waals surface area contributed by atoms with E-state index in [1.54, 1.807) is 0 Å². The van der Waals surface area contributed by atoms with E-state index in [1.165, 1.54) is 88.9 Å². The summed E-state index contributed by atoms with van der Waals surface area (Å²) in [6, 6.07) is 71.1. The van der Waals surface area contributed by atoms with Crippen molar-refractivity contribution in [3.05, 3.63) is 224 Å². The van der Waals surface area contributed by atoms with E-state index in [1.807, 2.05) is 0 Å². The van der Waals surface area contributed by atoms with Gasteiger partial charge < -0.3 is 9.47 Å². The van der Waals surface area contributed by atoms with Gasteiger partial charge >= 0.3 is 0 Å². The summed E-state index contributed by atoms with van der Waals surface area (Å²) >= 11 is 0. The number of para-hydroxylation sites is 3. The first-order chi connectivity index (χ1) is 27.8. The van der Waals surface area contributed by atoms with E-state index >= 15 is 0 Å². The van der Waals surface area contributed by atoms with Gasteiger partial charge in [0.2, 0.25) is 0 Å². The van der Waals surface area contributed by atoms with Crippen molar-refractivity contribution in [3.63, 3.8) is 0 Å². The Hall–Kier alpha value is -7.16. The van der Waals surface area contributed by atoms with Crippen LogP contribution in [0.1, 0.15) is 17.9 Å². The molecule has 9 aromatic rings. The number of hydrogen-bond donors (Lipinski definition) is 0. The van der Waals surface area contributed by atoms with Crippen LogP contribution in [0.3, 0.4) is 0 Å². The highest BCUT2D eigenvalue weighted by Crippen LogP contribution is 2.50. The normalized spacial score (nSPS) is 14.5. The lowest BCUT2D eigenvalue weighted by molar-refractivity contribution is 0.819. The van der Waals surface area contributed by atoms with Crippen LogP contribution in [0.2, 0.25) is 0 Å². The molecule has 0 N–H and O–H groups in total. The molecule has 2 heterocycles. The fourth-order valence-electron chi connectivity index (χ4n) is 8.99. The molecule has 1 aliphatic carbocycles. The van der Waals surface area contributed by atoms with E-state index in [0.29, 0.717) is 5.92 Å². The Morgan fingerprint density at radius 2 is 0.893 bits per heavy atom. The quantitative estimate of drug-likeness (QED) is 0.166. The van der Waals surface area contributed by atoms with E-state index in [9.17, 15) is 0 Å². The lowest BCUT2D eigenvalue weighted by Crippen LogP contribution is -2.14. The summed E-state index contributed by atoms with van der Waals surface area (Å²) < 4.78 is 2.37. The highest BCUT2D eigenvalue weighted by atomic mass is 15.2. The molecular weight excluding hydrogens is 677 g/mol. The molecule has 11 rings (SSSR count). The van der Waals surface area contributed by atoms with Gasteiger partial charge in [-0.1, -0.05) is 140 Å². The summed E-state index contributed by atoms with van der Waals surface area (Å²) in [6.07, 6.45) is 7.81. The molecule has 0 saturated heterocycles. The van der Waals surface area contributed by atoms with Crippen LogP contribution in [-0.4, -0.2) is 4.57 Å². The lowest BCUT2D eigenvalue weighted by atomic mass is 9.92. The summed E-state index contributed by atoms with van der Waals surface area (Å²) in [7, 11) is 0. The number of rotatable bonds is 6. The Morgan fingerprint density at radius 1 is 0.393 bits per heavy atom. The minimum Gasteiger partial charge on any atom is -0.313 e. The molecule has 264 valence electrons. The second kappa shape index (κ2) is 13.3. The molecule has 56 heavy (non-hydrogen) atoms. The molecule has 1 aliphatic heterocycles. The highest BCUT2D eigenvalue weighted by molar-refractivity contribution is 6.09. The van der Waals surface area contributed by atoms with Crippen LogP contribution in [0.5, 0.6) is 0 Å². The molecule has 2 nitrogen and oxygen atoms in total. The SMILES string of the molecule is C1=CCC2C(=C1)N(c1ccc(-c3cc(-c4ccccc4)cc(-c4cccc(-c5ccc(-n6c7ccccc7c7ccccc76)cc5)c4)c3)cc1)c1ccccc12. The fraction of sp³-hybridized carbons (Fsp3) is 0.0370. The summed E-state index contributed by atoms with van der Waals surface area (Å²) in [6.45, 7) is 0. The van der Waals surface area contributed by atoms with Gasteiger partial charge in [-0.3, -0.25) is 0 Å². The monoisotopic (exact) mass is 714 g/mol. The third-order valence-corrected chi connectivity index (χ3v) is 11.7. The van der Waals surface area contributed by atoms with E-state index in [-0.39, 0.29) is 0 Å². The third kappa shape index (κ3) is 5.41. The summed E-state index contributed by atoms with van der Waals surface area (Å²) in [5.41, 5.74) is 18.5. The fourth-order valence-corrected chi connectivity index (χ4v) is 8.99. The van der Waals surface area contributed by atoms with Crippen molar-refractivity contribution in [2.75, 3.05) is 4.90 Å². The average molecular weight is 715 g/mol. The van der Waals surface area contributed by atoms with Crippen molar-refractivity contribution in [1.82, 2.24) is 4.57 Å². The van der Waals surface area contributed by atoms with Gasteiger partial charge in [-0.05, 0) is 129 Å². The number of hydrogen-bond acceptors (Lipinski definition) is 1. The van der Waals surface area contributed by atoms with Gasteiger partial charge in [0, 0.05) is 39.4 Å². The predicted molar refractivity (Wildman–Crippen MR) is 236 cm³/mol. The number of nitrogens with zero attached hydrogens (tertiary/aromatic N) is 2. The van der Waals surface area contributed by atoms with E-state index < -0.39 is 0 Å². The zero-order valence-corrected chi connectivity index (χ0v) is 30.9. The molecular formula is C54H38N2. The maximum Gasteiger partial charge on any atom is 0.0541 e. The molecule has 0 radical (unpaired) electrons. The van der Waals surface area contributed by atoms with Crippen molar-refractivity contribution in [1.29, 1.82) is 0 Å². The summed E-state index contributed by atoms with van der Waals surface area (Å²) in [5.74, 6) is 0.412. The predicted octanol–water partition coefficient (Wildman–Crippen LogP) is 14.5. The van der Waals surface area contributed by atoms with E-state index in [4.69, 9.17) is 0 Å². The number of aromatic nitrogens is 1. The zero-order chi connectivity index (χ0) is 37.0. The van der Waals surface area contributed by atoms with Crippen LogP contribution in [0.4, 0.5) is 11.4 Å². The van der Waals surface area contributed by atoms with Crippen molar-refractivity contribution < 1.29 is 0 Å². The zero-order valence-electron chi connectivity index (χ0n) is 30.9. The Bertz CT molecular complexity index is 2930. The van der Waals surface area contributed by atoms with Crippen LogP contribution in [-0.2, 0) is 0 Å². The molecule has 1 aromatic heterocycles. The lowest BCUT2D eigenvalue weighted by Gasteiger charge is -2.24. The van der Waals surface area contributed by atoms with Gasteiger partial charge in [-0.15, -0.1) is 0 Å². The molecule has 1 atom stereocenters. The van der Waals surface area contributed by atoms with Crippen molar-refractivity contribution >= 4 is 33.2 Å². The van der Waals surface area contributed by atoms with Gasteiger partial charge in [0.25, 0.3) is 0 Å². The molecule has 0 amide bonds. The Kier molecular flexibility index (Phi) is 7.67. The van der Waals surface area contributed by atoms with Crippen molar-refractivity contribution in [2.45, 2.75) is 12.3 Å². The molecule has 0 saturated carbocycles. The van der Waals surface area contributed by atoms with E-state index in [0.717, 1.165) is 12.1 Å². The maximum atomic E-state index is 2.44. The van der Waals surface area contributed by atoms with Crippen LogP contribution >= 0.6 is 0 Å². The smallest absolute Gasteiger partial charge is 0.0541 e. The van der Waals surface area contributed by atoms with Gasteiger partial charge in [-0.2, -0.15) is 0 Å². The number of fused-ring (bicyclic) bond motifs is 6. The van der Waals surface area contributed by atoms with Crippen molar-refractivity contribution in [2.24, 2.45) is 0 Å². The number of allylic oxidation sites excluding steroid dienone is 4. The van der Waals surface area contributed by atoms with Crippen LogP contribution < -0.4 is 4.90 Å². The number of anilines is 2. The Morgan fingerprint density at radius 3 is 1.59 bits per heavy atom. The second-order valence-corrected chi connectivity index (χ2v) is 14.9.